The van der Waals surface area contributed by atoms with Crippen LogP contribution in [0.2, 0.25) is 0 Å². The van der Waals surface area contributed by atoms with Crippen molar-refractivity contribution in [1.82, 2.24) is 9.80 Å². The van der Waals surface area contributed by atoms with E-state index >= 15 is 0 Å². The molecule has 2 heterocycles. The first-order chi connectivity index (χ1) is 15.6. The van der Waals surface area contributed by atoms with Crippen LogP contribution in [-0.2, 0) is 4.79 Å². The molecule has 0 atom stereocenters. The zero-order valence-corrected chi connectivity index (χ0v) is 20.1. The van der Waals surface area contributed by atoms with Crippen LogP contribution in [0.15, 0.2) is 59.1 Å². The Morgan fingerprint density at radius 3 is 2.19 bits per heavy atom. The predicted octanol–water partition coefficient (Wildman–Crippen LogP) is 5.15. The molecule has 0 saturated carbocycles. The third-order valence-corrected chi connectivity index (χ3v) is 7.43. The minimum Gasteiger partial charge on any atom is -0.493 e. The molecule has 0 N–H and O–H groups in total. The van der Waals surface area contributed by atoms with Crippen molar-refractivity contribution in [3.63, 3.8) is 0 Å². The van der Waals surface area contributed by atoms with Gasteiger partial charge in [0, 0.05) is 42.5 Å². The Kier molecular flexibility index (Phi) is 7.51. The molecule has 0 aliphatic carbocycles. The van der Waals surface area contributed by atoms with Crippen LogP contribution in [0.4, 0.5) is 0 Å². The molecular weight excluding hydrogens is 468 g/mol. The Labute approximate surface area is 198 Å². The SMILES string of the molecule is O=C(CC1(COc2ccccc2)CCN(C(=O)c2ccccc2Br)CC1)N1CCCCC1. The highest BCUT2D eigenvalue weighted by Gasteiger charge is 2.40. The fraction of sp³-hybridized carbons (Fsp3) is 0.462. The number of amides is 2. The van der Waals surface area contributed by atoms with E-state index in [1.807, 2.05) is 64.4 Å². The van der Waals surface area contributed by atoms with Gasteiger partial charge in [-0.2, -0.15) is 0 Å². The van der Waals surface area contributed by atoms with Crippen molar-refractivity contribution in [2.24, 2.45) is 5.41 Å². The lowest BCUT2D eigenvalue weighted by atomic mass is 9.75. The first kappa shape index (κ1) is 22.8. The summed E-state index contributed by atoms with van der Waals surface area (Å²) < 4.78 is 6.97. The van der Waals surface area contributed by atoms with E-state index in [9.17, 15) is 9.59 Å². The van der Waals surface area contributed by atoms with Crippen molar-refractivity contribution in [3.05, 3.63) is 64.6 Å². The van der Waals surface area contributed by atoms with Gasteiger partial charge in [-0.15, -0.1) is 0 Å². The van der Waals surface area contributed by atoms with E-state index in [1.165, 1.54) is 6.42 Å². The van der Waals surface area contributed by atoms with E-state index in [0.717, 1.165) is 49.0 Å². The number of para-hydroxylation sites is 1. The Morgan fingerprint density at radius 2 is 1.50 bits per heavy atom. The fourth-order valence-electron chi connectivity index (χ4n) is 4.69. The molecule has 0 radical (unpaired) electrons. The van der Waals surface area contributed by atoms with E-state index in [0.29, 0.717) is 31.7 Å². The normalized spacial score (nSPS) is 18.3. The summed E-state index contributed by atoms with van der Waals surface area (Å²) in [5.41, 5.74) is 0.430. The number of likely N-dealkylation sites (tertiary alicyclic amines) is 2. The molecule has 0 aromatic heterocycles. The summed E-state index contributed by atoms with van der Waals surface area (Å²) in [6.07, 6.45) is 5.39. The van der Waals surface area contributed by atoms with Gasteiger partial charge in [0.2, 0.25) is 5.91 Å². The Hall–Kier alpha value is -2.34. The highest BCUT2D eigenvalue weighted by Crippen LogP contribution is 2.37. The van der Waals surface area contributed by atoms with Gasteiger partial charge in [-0.05, 0) is 72.3 Å². The van der Waals surface area contributed by atoms with Gasteiger partial charge in [0.05, 0.1) is 12.2 Å². The molecule has 0 unspecified atom stereocenters. The van der Waals surface area contributed by atoms with Crippen LogP contribution >= 0.6 is 15.9 Å². The summed E-state index contributed by atoms with van der Waals surface area (Å²) in [4.78, 5) is 30.1. The zero-order valence-electron chi connectivity index (χ0n) is 18.5. The number of benzene rings is 2. The molecule has 4 rings (SSSR count). The lowest BCUT2D eigenvalue weighted by molar-refractivity contribution is -0.136. The maximum atomic E-state index is 13.1. The van der Waals surface area contributed by atoms with Crippen LogP contribution in [0.1, 0.15) is 48.9 Å². The largest absolute Gasteiger partial charge is 0.493 e. The number of piperidine rings is 2. The molecule has 0 bridgehead atoms. The van der Waals surface area contributed by atoms with Gasteiger partial charge >= 0.3 is 0 Å². The van der Waals surface area contributed by atoms with Crippen molar-refractivity contribution >= 4 is 27.7 Å². The van der Waals surface area contributed by atoms with Crippen LogP contribution in [0.3, 0.4) is 0 Å². The van der Waals surface area contributed by atoms with Gasteiger partial charge in [-0.25, -0.2) is 0 Å². The van der Waals surface area contributed by atoms with Crippen molar-refractivity contribution in [2.75, 3.05) is 32.8 Å². The molecule has 2 aromatic carbocycles. The summed E-state index contributed by atoms with van der Waals surface area (Å²) in [5.74, 6) is 1.09. The van der Waals surface area contributed by atoms with Crippen LogP contribution in [0.5, 0.6) is 5.75 Å². The summed E-state index contributed by atoms with van der Waals surface area (Å²) in [6, 6.07) is 17.3. The number of halogens is 1. The summed E-state index contributed by atoms with van der Waals surface area (Å²) in [5, 5.41) is 0. The van der Waals surface area contributed by atoms with Crippen molar-refractivity contribution < 1.29 is 14.3 Å². The minimum absolute atomic E-state index is 0.0393. The number of nitrogens with zero attached hydrogens (tertiary/aromatic N) is 2. The van der Waals surface area contributed by atoms with Crippen LogP contribution in [0.25, 0.3) is 0 Å². The van der Waals surface area contributed by atoms with E-state index in [2.05, 4.69) is 15.9 Å². The molecule has 0 spiro atoms. The molecule has 2 saturated heterocycles. The maximum Gasteiger partial charge on any atom is 0.254 e. The molecule has 32 heavy (non-hydrogen) atoms. The molecule has 2 fully saturated rings. The minimum atomic E-state index is -0.255. The first-order valence-corrected chi connectivity index (χ1v) is 12.4. The lowest BCUT2D eigenvalue weighted by Gasteiger charge is -2.42. The van der Waals surface area contributed by atoms with Gasteiger partial charge in [0.15, 0.2) is 0 Å². The number of carbonyl (C=O) groups excluding carboxylic acids is 2. The Morgan fingerprint density at radius 1 is 0.844 bits per heavy atom. The molecule has 2 aliphatic rings. The van der Waals surface area contributed by atoms with Crippen LogP contribution in [-0.4, -0.2) is 54.4 Å². The third-order valence-electron chi connectivity index (χ3n) is 6.74. The predicted molar refractivity (Wildman–Crippen MR) is 129 cm³/mol. The van der Waals surface area contributed by atoms with Gasteiger partial charge in [0.1, 0.15) is 5.75 Å². The van der Waals surface area contributed by atoms with Crippen molar-refractivity contribution in [1.29, 1.82) is 0 Å². The average molecular weight is 499 g/mol. The molecule has 6 heteroatoms. The zero-order chi connectivity index (χ0) is 22.4. The maximum absolute atomic E-state index is 13.1. The van der Waals surface area contributed by atoms with Crippen LogP contribution < -0.4 is 4.74 Å². The van der Waals surface area contributed by atoms with Gasteiger partial charge < -0.3 is 14.5 Å². The Bertz CT molecular complexity index is 920. The molecule has 2 aliphatic heterocycles. The van der Waals surface area contributed by atoms with Crippen LogP contribution in [0, 0.1) is 5.41 Å². The Balaban J connectivity index is 1.45. The van der Waals surface area contributed by atoms with Gasteiger partial charge in [-0.3, -0.25) is 9.59 Å². The highest BCUT2D eigenvalue weighted by atomic mass is 79.9. The average Bonchev–Trinajstić information content (AvgIpc) is 2.84. The summed E-state index contributed by atoms with van der Waals surface area (Å²) >= 11 is 3.50. The number of hydrogen-bond donors (Lipinski definition) is 0. The van der Waals surface area contributed by atoms with Gasteiger partial charge in [-0.1, -0.05) is 30.3 Å². The highest BCUT2D eigenvalue weighted by molar-refractivity contribution is 9.10. The summed E-state index contributed by atoms with van der Waals surface area (Å²) in [7, 11) is 0. The van der Waals surface area contributed by atoms with E-state index < -0.39 is 0 Å². The monoisotopic (exact) mass is 498 g/mol. The van der Waals surface area contributed by atoms with E-state index in [-0.39, 0.29) is 17.2 Å². The number of hydrogen-bond acceptors (Lipinski definition) is 3. The van der Waals surface area contributed by atoms with E-state index in [4.69, 9.17) is 4.74 Å². The first-order valence-electron chi connectivity index (χ1n) is 11.6. The molecule has 5 nitrogen and oxygen atoms in total. The van der Waals surface area contributed by atoms with Crippen molar-refractivity contribution in [2.45, 2.75) is 38.5 Å². The van der Waals surface area contributed by atoms with Crippen molar-refractivity contribution in [3.8, 4) is 5.75 Å². The second kappa shape index (κ2) is 10.5. The smallest absolute Gasteiger partial charge is 0.254 e. The summed E-state index contributed by atoms with van der Waals surface area (Å²) in [6.45, 7) is 3.48. The standard InChI is InChI=1S/C26H31BrN2O3/c27-23-12-6-5-11-22(23)25(31)29-17-13-26(14-18-29,20-32-21-9-3-1-4-10-21)19-24(30)28-15-7-2-8-16-28/h1,3-6,9-12H,2,7-8,13-20H2. The van der Waals surface area contributed by atoms with Gasteiger partial charge in [0.25, 0.3) is 5.91 Å². The third kappa shape index (κ3) is 5.52. The van der Waals surface area contributed by atoms with E-state index in [1.54, 1.807) is 0 Å². The molecule has 2 aromatic rings. The second-order valence-electron chi connectivity index (χ2n) is 8.99. The second-order valence-corrected chi connectivity index (χ2v) is 9.85. The quantitative estimate of drug-likeness (QED) is 0.552. The molecular formula is C26H31BrN2O3. The topological polar surface area (TPSA) is 49.9 Å². The fourth-order valence-corrected chi connectivity index (χ4v) is 5.14. The molecule has 170 valence electrons. The lowest BCUT2D eigenvalue weighted by Crippen LogP contribution is -2.48. The number of rotatable bonds is 6. The number of ether oxygens (including phenoxy) is 1. The number of carbonyl (C=O) groups is 2. The molecule has 2 amide bonds.